The zero-order valence-corrected chi connectivity index (χ0v) is 8.52. The van der Waals surface area contributed by atoms with Crippen LogP contribution in [0.5, 0.6) is 0 Å². The Bertz CT molecular complexity index is 113. The van der Waals surface area contributed by atoms with Gasteiger partial charge in [0.15, 0.2) is 0 Å². The van der Waals surface area contributed by atoms with Crippen LogP contribution >= 0.6 is 0 Å². The summed E-state index contributed by atoms with van der Waals surface area (Å²) in [5.41, 5.74) is 0. The summed E-state index contributed by atoms with van der Waals surface area (Å²) >= 11 is 0. The fourth-order valence-electron chi connectivity index (χ4n) is 0.725. The molecule has 0 heterocycles. The van der Waals surface area contributed by atoms with Crippen LogP contribution in [0, 0.1) is 0 Å². The highest BCUT2D eigenvalue weighted by Gasteiger charge is 2.19. The van der Waals surface area contributed by atoms with Crippen LogP contribution in [0.4, 0.5) is 0 Å². The van der Waals surface area contributed by atoms with Crippen LogP contribution in [-0.4, -0.2) is 23.5 Å². The van der Waals surface area contributed by atoms with Gasteiger partial charge in [-0.25, -0.2) is 0 Å². The summed E-state index contributed by atoms with van der Waals surface area (Å²) in [5, 5.41) is 0.234. The molecule has 0 aromatic heterocycles. The topological polar surface area (TPSA) is 18.5 Å². The van der Waals surface area contributed by atoms with Gasteiger partial charge in [-0.2, -0.15) is 0 Å². The van der Waals surface area contributed by atoms with Gasteiger partial charge in [0.1, 0.15) is 0 Å². The van der Waals surface area contributed by atoms with E-state index in [-0.39, 0.29) is 5.04 Å². The molecule has 0 aliphatic rings. The molecule has 0 rings (SSSR count). The van der Waals surface area contributed by atoms with Crippen molar-refractivity contribution in [2.75, 3.05) is 13.7 Å². The van der Waals surface area contributed by atoms with Crippen LogP contribution in [0.3, 0.4) is 0 Å². The van der Waals surface area contributed by atoms with Crippen molar-refractivity contribution >= 4 is 9.76 Å². The molecule has 0 saturated carbocycles. The summed E-state index contributed by atoms with van der Waals surface area (Å²) in [6.07, 6.45) is 2.48. The first-order chi connectivity index (χ1) is 5.12. The lowest BCUT2D eigenvalue weighted by atomic mass is 10.1. The first kappa shape index (κ1) is 10.7. The maximum absolute atomic E-state index is 5.08. The lowest BCUT2D eigenvalue weighted by Gasteiger charge is -2.20. The first-order valence-corrected chi connectivity index (χ1v) is 4.56. The molecule has 3 heteroatoms. The molecule has 0 amide bonds. The third-order valence-electron chi connectivity index (χ3n) is 1.34. The second-order valence-corrected chi connectivity index (χ2v) is 4.94. The highest BCUT2D eigenvalue weighted by Crippen LogP contribution is 2.26. The summed E-state index contributed by atoms with van der Waals surface area (Å²) < 4.78 is 10.1. The molecule has 0 aliphatic heterocycles. The van der Waals surface area contributed by atoms with Crippen molar-refractivity contribution in [2.45, 2.75) is 25.3 Å². The van der Waals surface area contributed by atoms with Crippen molar-refractivity contribution in [3.8, 4) is 0 Å². The summed E-state index contributed by atoms with van der Waals surface area (Å²) in [6.45, 7) is 8.54. The van der Waals surface area contributed by atoms with Gasteiger partial charge in [0.25, 0.3) is 0 Å². The Morgan fingerprint density at radius 1 is 1.55 bits per heavy atom. The van der Waals surface area contributed by atoms with E-state index in [1.54, 1.807) is 7.11 Å². The van der Waals surface area contributed by atoms with Gasteiger partial charge in [0.2, 0.25) is 9.76 Å². The largest absolute Gasteiger partial charge is 0.502 e. The fraction of sp³-hybridized carbons (Fsp3) is 0.750. The van der Waals surface area contributed by atoms with E-state index in [2.05, 4.69) is 20.4 Å². The molecule has 11 heavy (non-hydrogen) atoms. The van der Waals surface area contributed by atoms with Gasteiger partial charge < -0.3 is 9.16 Å². The van der Waals surface area contributed by atoms with Crippen LogP contribution in [0.15, 0.2) is 12.8 Å². The molecule has 0 saturated heterocycles. The normalized spacial score (nSPS) is 11.2. The zero-order chi connectivity index (χ0) is 8.74. The Labute approximate surface area is 71.5 Å². The predicted octanol–water partition coefficient (Wildman–Crippen LogP) is 2.00. The molecular formula is C8H16O2Si. The minimum absolute atomic E-state index is 0.234. The maximum Gasteiger partial charge on any atom is 0.235 e. The molecule has 0 aromatic rings. The van der Waals surface area contributed by atoms with Crippen LogP contribution in [0.25, 0.3) is 0 Å². The second-order valence-electron chi connectivity index (χ2n) is 2.98. The van der Waals surface area contributed by atoms with E-state index in [9.17, 15) is 0 Å². The second kappa shape index (κ2) is 5.38. The van der Waals surface area contributed by atoms with Gasteiger partial charge in [-0.15, -0.1) is 0 Å². The average molecular weight is 172 g/mol. The molecule has 0 unspecified atom stereocenters. The molecule has 0 aliphatic carbocycles. The third-order valence-corrected chi connectivity index (χ3v) is 2.35. The standard InChI is InChI=1S/C8H16O2Si/c1-5-10-7-6-8(2,3)11-9-4/h5H,1,6-7H2,2-4H3. The van der Waals surface area contributed by atoms with E-state index in [1.807, 2.05) is 0 Å². The van der Waals surface area contributed by atoms with Crippen LogP contribution < -0.4 is 0 Å². The van der Waals surface area contributed by atoms with Crippen LogP contribution in [-0.2, 0) is 9.16 Å². The molecule has 0 N–H and O–H groups in total. The zero-order valence-electron chi connectivity index (χ0n) is 7.52. The van der Waals surface area contributed by atoms with E-state index in [1.165, 1.54) is 6.26 Å². The van der Waals surface area contributed by atoms with Crippen molar-refractivity contribution in [2.24, 2.45) is 0 Å². The first-order valence-electron chi connectivity index (χ1n) is 3.65. The minimum atomic E-state index is 0.234. The summed E-state index contributed by atoms with van der Waals surface area (Å²) in [5.74, 6) is 0. The van der Waals surface area contributed by atoms with Crippen LogP contribution in [0.1, 0.15) is 20.3 Å². The Balaban J connectivity index is 3.45. The lowest BCUT2D eigenvalue weighted by molar-refractivity contribution is 0.228. The molecule has 0 fully saturated rings. The van der Waals surface area contributed by atoms with E-state index < -0.39 is 0 Å². The van der Waals surface area contributed by atoms with E-state index in [0.29, 0.717) is 9.76 Å². The predicted molar refractivity (Wildman–Crippen MR) is 47.6 cm³/mol. The SMILES string of the molecule is C=COCCC(C)(C)[Si]OC. The van der Waals surface area contributed by atoms with Crippen molar-refractivity contribution in [3.63, 3.8) is 0 Å². The molecule has 64 valence electrons. The van der Waals surface area contributed by atoms with E-state index >= 15 is 0 Å². The van der Waals surface area contributed by atoms with Gasteiger partial charge in [0.05, 0.1) is 12.9 Å². The van der Waals surface area contributed by atoms with E-state index in [0.717, 1.165) is 13.0 Å². The van der Waals surface area contributed by atoms with Crippen molar-refractivity contribution in [3.05, 3.63) is 12.8 Å². The van der Waals surface area contributed by atoms with Crippen LogP contribution in [0.2, 0.25) is 5.04 Å². The van der Waals surface area contributed by atoms with E-state index in [4.69, 9.17) is 9.16 Å². The monoisotopic (exact) mass is 172 g/mol. The number of rotatable bonds is 6. The average Bonchev–Trinajstić information content (AvgIpc) is 1.87. The lowest BCUT2D eigenvalue weighted by Crippen LogP contribution is -2.16. The van der Waals surface area contributed by atoms with Crippen molar-refractivity contribution in [1.82, 2.24) is 0 Å². The van der Waals surface area contributed by atoms with Crippen molar-refractivity contribution < 1.29 is 9.16 Å². The molecule has 0 atom stereocenters. The van der Waals surface area contributed by atoms with Gasteiger partial charge in [0, 0.05) is 7.11 Å². The molecule has 0 spiro atoms. The Morgan fingerprint density at radius 2 is 2.18 bits per heavy atom. The highest BCUT2D eigenvalue weighted by molar-refractivity contribution is 6.31. The molecule has 2 nitrogen and oxygen atoms in total. The van der Waals surface area contributed by atoms with Gasteiger partial charge in [-0.1, -0.05) is 20.4 Å². The van der Waals surface area contributed by atoms with Gasteiger partial charge >= 0.3 is 0 Å². The minimum Gasteiger partial charge on any atom is -0.502 e. The Kier molecular flexibility index (Phi) is 5.24. The fourth-order valence-corrected chi connectivity index (χ4v) is 1.48. The summed E-state index contributed by atoms with van der Waals surface area (Å²) in [7, 11) is 2.27. The Hall–Kier alpha value is -0.283. The molecule has 2 radical (unpaired) electrons. The number of hydrogen-bond acceptors (Lipinski definition) is 2. The Morgan fingerprint density at radius 3 is 2.64 bits per heavy atom. The molecular weight excluding hydrogens is 156 g/mol. The quantitative estimate of drug-likeness (QED) is 0.346. The number of ether oxygens (including phenoxy) is 1. The number of hydrogen-bond donors (Lipinski definition) is 0. The third kappa shape index (κ3) is 6.13. The van der Waals surface area contributed by atoms with Gasteiger partial charge in [-0.3, -0.25) is 0 Å². The highest BCUT2D eigenvalue weighted by atomic mass is 28.2. The smallest absolute Gasteiger partial charge is 0.235 e. The molecule has 0 aromatic carbocycles. The van der Waals surface area contributed by atoms with Crippen molar-refractivity contribution in [1.29, 1.82) is 0 Å². The summed E-state index contributed by atoms with van der Waals surface area (Å²) in [6, 6.07) is 0. The molecule has 0 bridgehead atoms. The summed E-state index contributed by atoms with van der Waals surface area (Å²) in [4.78, 5) is 0. The van der Waals surface area contributed by atoms with Gasteiger partial charge in [-0.05, 0) is 11.5 Å². The maximum atomic E-state index is 5.08.